The first-order valence-electron chi connectivity index (χ1n) is 6.09. The fourth-order valence-corrected chi connectivity index (χ4v) is 2.04. The summed E-state index contributed by atoms with van der Waals surface area (Å²) in [6.07, 6.45) is -1.54. The number of hydrogen-bond acceptors (Lipinski definition) is 4. The summed E-state index contributed by atoms with van der Waals surface area (Å²) >= 11 is 0. The van der Waals surface area contributed by atoms with Crippen molar-refractivity contribution in [2.45, 2.75) is 12.7 Å². The van der Waals surface area contributed by atoms with Crippen LogP contribution in [0.3, 0.4) is 0 Å². The Morgan fingerprint density at radius 3 is 2.76 bits per heavy atom. The zero-order valence-corrected chi connectivity index (χ0v) is 10.6. The Bertz CT molecular complexity index is 766. The van der Waals surface area contributed by atoms with Gasteiger partial charge in [0.05, 0.1) is 17.1 Å². The maximum Gasteiger partial charge on any atom is 0.416 e. The number of fused-ring (bicyclic) bond motifs is 1. The molecule has 108 valence electrons. The van der Waals surface area contributed by atoms with E-state index in [1.54, 1.807) is 6.07 Å². The van der Waals surface area contributed by atoms with Crippen molar-refractivity contribution >= 4 is 16.9 Å². The lowest BCUT2D eigenvalue weighted by molar-refractivity contribution is -0.138. The third-order valence-electron chi connectivity index (χ3n) is 3.02. The van der Waals surface area contributed by atoms with Crippen LogP contribution in [0.2, 0.25) is 0 Å². The van der Waals surface area contributed by atoms with Gasteiger partial charge in [0.25, 0.3) is 0 Å². The van der Waals surface area contributed by atoms with Crippen LogP contribution in [-0.4, -0.2) is 20.2 Å². The third kappa shape index (κ3) is 2.64. The van der Waals surface area contributed by atoms with Gasteiger partial charge >= 0.3 is 6.18 Å². The number of H-pyrrole nitrogens is 1. The highest BCUT2D eigenvalue weighted by molar-refractivity contribution is 5.85. The second kappa shape index (κ2) is 5.04. The van der Waals surface area contributed by atoms with Crippen molar-refractivity contribution in [3.05, 3.63) is 47.9 Å². The van der Waals surface area contributed by atoms with E-state index >= 15 is 0 Å². The first kappa shape index (κ1) is 13.3. The summed E-state index contributed by atoms with van der Waals surface area (Å²) in [5.41, 5.74) is 0.0202. The zero-order valence-electron chi connectivity index (χ0n) is 10.6. The minimum Gasteiger partial charge on any atom is -0.365 e. The second-order valence-corrected chi connectivity index (χ2v) is 4.36. The molecule has 21 heavy (non-hydrogen) atoms. The van der Waals surface area contributed by atoms with E-state index in [0.717, 1.165) is 6.07 Å². The molecule has 1 aromatic carbocycles. The van der Waals surface area contributed by atoms with Crippen LogP contribution in [0.25, 0.3) is 11.0 Å². The smallest absolute Gasteiger partial charge is 0.365 e. The molecule has 0 saturated carbocycles. The van der Waals surface area contributed by atoms with Crippen molar-refractivity contribution < 1.29 is 13.2 Å². The molecule has 5 nitrogen and oxygen atoms in total. The van der Waals surface area contributed by atoms with Crippen molar-refractivity contribution in [3.63, 3.8) is 0 Å². The number of nitrogens with zero attached hydrogens (tertiary/aromatic N) is 3. The van der Waals surface area contributed by atoms with Crippen molar-refractivity contribution in [3.8, 4) is 0 Å². The van der Waals surface area contributed by atoms with E-state index in [-0.39, 0.29) is 12.1 Å². The molecule has 0 bridgehead atoms. The van der Waals surface area contributed by atoms with E-state index in [4.69, 9.17) is 0 Å². The van der Waals surface area contributed by atoms with Gasteiger partial charge in [0, 0.05) is 6.54 Å². The lowest BCUT2D eigenvalue weighted by Gasteiger charge is -2.13. The predicted molar refractivity (Wildman–Crippen MR) is 70.5 cm³/mol. The fourth-order valence-electron chi connectivity index (χ4n) is 2.04. The van der Waals surface area contributed by atoms with E-state index < -0.39 is 11.7 Å². The molecular formula is C13H10F3N5. The molecule has 8 heteroatoms. The van der Waals surface area contributed by atoms with Crippen LogP contribution in [0.4, 0.5) is 19.0 Å². The van der Waals surface area contributed by atoms with Gasteiger partial charge in [-0.3, -0.25) is 5.10 Å². The Morgan fingerprint density at radius 2 is 1.95 bits per heavy atom. The fraction of sp³-hybridized carbons (Fsp3) is 0.154. The van der Waals surface area contributed by atoms with Gasteiger partial charge in [0.15, 0.2) is 5.65 Å². The lowest BCUT2D eigenvalue weighted by atomic mass is 10.1. The van der Waals surface area contributed by atoms with Crippen LogP contribution < -0.4 is 5.32 Å². The summed E-state index contributed by atoms with van der Waals surface area (Å²) in [7, 11) is 0. The lowest BCUT2D eigenvalue weighted by Crippen LogP contribution is -2.12. The molecule has 0 radical (unpaired) electrons. The first-order valence-corrected chi connectivity index (χ1v) is 6.09. The molecule has 0 aliphatic heterocycles. The maximum absolute atomic E-state index is 12.9. The van der Waals surface area contributed by atoms with Crippen LogP contribution in [-0.2, 0) is 12.7 Å². The largest absolute Gasteiger partial charge is 0.416 e. The van der Waals surface area contributed by atoms with Gasteiger partial charge in [-0.1, -0.05) is 18.2 Å². The van der Waals surface area contributed by atoms with E-state index in [0.29, 0.717) is 16.9 Å². The van der Waals surface area contributed by atoms with Gasteiger partial charge in [-0.05, 0) is 11.6 Å². The van der Waals surface area contributed by atoms with Crippen LogP contribution in [0, 0.1) is 0 Å². The molecule has 2 heterocycles. The number of benzene rings is 1. The summed E-state index contributed by atoms with van der Waals surface area (Å²) in [6.45, 7) is 0.00692. The molecule has 0 aliphatic rings. The quantitative estimate of drug-likeness (QED) is 0.779. The highest BCUT2D eigenvalue weighted by Crippen LogP contribution is 2.32. The monoisotopic (exact) mass is 293 g/mol. The molecule has 3 rings (SSSR count). The van der Waals surface area contributed by atoms with Gasteiger partial charge in [-0.2, -0.15) is 18.3 Å². The van der Waals surface area contributed by atoms with Gasteiger partial charge < -0.3 is 5.32 Å². The van der Waals surface area contributed by atoms with Gasteiger partial charge in [0.1, 0.15) is 12.1 Å². The Hall–Kier alpha value is -2.64. The van der Waals surface area contributed by atoms with E-state index in [2.05, 4.69) is 25.5 Å². The number of rotatable bonds is 3. The van der Waals surface area contributed by atoms with E-state index in [1.807, 2.05) is 0 Å². The third-order valence-corrected chi connectivity index (χ3v) is 3.02. The molecule has 0 amide bonds. The number of nitrogens with one attached hydrogen (secondary N) is 2. The topological polar surface area (TPSA) is 66.5 Å². The molecule has 0 unspecified atom stereocenters. The van der Waals surface area contributed by atoms with E-state index in [9.17, 15) is 13.2 Å². The number of hydrogen-bond donors (Lipinski definition) is 2. The predicted octanol–water partition coefficient (Wildman–Crippen LogP) is 2.98. The highest BCUT2D eigenvalue weighted by atomic mass is 19.4. The molecular weight excluding hydrogens is 283 g/mol. The zero-order chi connectivity index (χ0) is 14.9. The minimum atomic E-state index is -4.38. The van der Waals surface area contributed by atoms with Gasteiger partial charge in [0.2, 0.25) is 0 Å². The Labute approximate surface area is 117 Å². The van der Waals surface area contributed by atoms with Crippen molar-refractivity contribution in [2.24, 2.45) is 0 Å². The molecule has 0 fully saturated rings. The maximum atomic E-state index is 12.9. The SMILES string of the molecule is FC(F)(F)c1ccccc1CNc1ncnc2[nH]ncc12. The summed E-state index contributed by atoms with van der Waals surface area (Å²) in [5, 5.41) is 10.0. The van der Waals surface area contributed by atoms with Crippen LogP contribution in [0.5, 0.6) is 0 Å². The van der Waals surface area contributed by atoms with Crippen LogP contribution in [0.15, 0.2) is 36.8 Å². The van der Waals surface area contributed by atoms with Crippen molar-refractivity contribution in [2.75, 3.05) is 5.32 Å². The van der Waals surface area contributed by atoms with E-state index in [1.165, 1.54) is 24.7 Å². The Morgan fingerprint density at radius 1 is 1.14 bits per heavy atom. The molecule has 2 aromatic heterocycles. The number of alkyl halides is 3. The normalized spacial score (nSPS) is 11.8. The summed E-state index contributed by atoms with van der Waals surface area (Å²) in [4.78, 5) is 7.99. The number of aromatic nitrogens is 4. The molecule has 2 N–H and O–H groups in total. The average molecular weight is 293 g/mol. The van der Waals surface area contributed by atoms with Crippen LogP contribution in [0.1, 0.15) is 11.1 Å². The Kier molecular flexibility index (Phi) is 3.20. The number of halogens is 3. The van der Waals surface area contributed by atoms with Crippen molar-refractivity contribution in [1.29, 1.82) is 0 Å². The number of anilines is 1. The van der Waals surface area contributed by atoms with Crippen LogP contribution >= 0.6 is 0 Å². The first-order chi connectivity index (χ1) is 10.1. The average Bonchev–Trinajstić information content (AvgIpc) is 2.93. The standard InChI is InChI=1S/C13H10F3N5/c14-13(15,16)10-4-2-1-3-8(10)5-17-11-9-6-20-21-12(9)19-7-18-11/h1-4,6-7H,5H2,(H2,17,18,19,20,21). The van der Waals surface area contributed by atoms with Gasteiger partial charge in [-0.15, -0.1) is 0 Å². The molecule has 0 aliphatic carbocycles. The minimum absolute atomic E-state index is 0.00692. The number of aromatic amines is 1. The summed E-state index contributed by atoms with van der Waals surface area (Å²) in [5.74, 6) is 0.436. The summed E-state index contributed by atoms with van der Waals surface area (Å²) in [6, 6.07) is 5.43. The highest BCUT2D eigenvalue weighted by Gasteiger charge is 2.32. The summed E-state index contributed by atoms with van der Waals surface area (Å²) < 4.78 is 38.7. The molecule has 0 atom stereocenters. The Balaban J connectivity index is 1.87. The second-order valence-electron chi connectivity index (χ2n) is 4.36. The molecule has 3 aromatic rings. The van der Waals surface area contributed by atoms with Crippen molar-refractivity contribution in [1.82, 2.24) is 20.2 Å². The molecule has 0 spiro atoms. The molecule has 0 saturated heterocycles. The van der Waals surface area contributed by atoms with Gasteiger partial charge in [-0.25, -0.2) is 9.97 Å².